The minimum Gasteiger partial charge on any atom is -0.486 e. The lowest BCUT2D eigenvalue weighted by Gasteiger charge is -2.17. The number of nitrogens with one attached hydrogen (secondary N) is 1. The molecule has 0 aliphatic rings. The molecular weight excluding hydrogens is 376 g/mol. The fourth-order valence-corrected chi connectivity index (χ4v) is 2.73. The van der Waals surface area contributed by atoms with Gasteiger partial charge in [-0.2, -0.15) is 0 Å². The van der Waals surface area contributed by atoms with Crippen LogP contribution in [0.1, 0.15) is 28.9 Å². The summed E-state index contributed by atoms with van der Waals surface area (Å²) in [5, 5.41) is 2.25. The summed E-state index contributed by atoms with van der Waals surface area (Å²) in [5.41, 5.74) is 1.85. The quantitative estimate of drug-likeness (QED) is 0.594. The van der Waals surface area contributed by atoms with E-state index >= 15 is 0 Å². The molecule has 0 radical (unpaired) electrons. The molecule has 5 nitrogen and oxygen atoms in total. The summed E-state index contributed by atoms with van der Waals surface area (Å²) in [5.74, 6) is 0.124. The molecule has 1 unspecified atom stereocenters. The molecule has 3 amide bonds. The number of carbonyl (C=O) groups is 2. The van der Waals surface area contributed by atoms with E-state index in [0.29, 0.717) is 17.0 Å². The average Bonchev–Trinajstić information content (AvgIpc) is 2.75. The molecule has 28 heavy (non-hydrogen) atoms. The van der Waals surface area contributed by atoms with Crippen molar-refractivity contribution in [2.24, 2.45) is 0 Å². The highest BCUT2D eigenvalue weighted by molar-refractivity contribution is 6.37. The van der Waals surface area contributed by atoms with Gasteiger partial charge in [0.1, 0.15) is 11.9 Å². The molecule has 0 spiro atoms. The van der Waals surface area contributed by atoms with E-state index in [2.05, 4.69) is 5.32 Å². The number of carbonyl (C=O) groups excluding carboxylic acids is 2. The van der Waals surface area contributed by atoms with Gasteiger partial charge in [-0.05, 0) is 48.9 Å². The first-order valence-corrected chi connectivity index (χ1v) is 9.06. The summed E-state index contributed by atoms with van der Waals surface area (Å²) in [4.78, 5) is 24.3. The molecule has 0 saturated carbocycles. The smallest absolute Gasteiger partial charge is 0.343 e. The van der Waals surface area contributed by atoms with Crippen molar-refractivity contribution in [3.63, 3.8) is 0 Å². The normalized spacial score (nSPS) is 11.4. The Bertz CT molecular complexity index is 931. The number of rotatable bonds is 5. The number of anilines is 1. The first kappa shape index (κ1) is 19.5. The predicted molar refractivity (Wildman–Crippen MR) is 110 cm³/mol. The maximum Gasteiger partial charge on any atom is 0.343 e. The van der Waals surface area contributed by atoms with Gasteiger partial charge in [-0.1, -0.05) is 48.5 Å². The third kappa shape index (κ3) is 4.90. The van der Waals surface area contributed by atoms with Crippen LogP contribution in [0.15, 0.2) is 84.9 Å². The first-order valence-electron chi connectivity index (χ1n) is 8.72. The highest BCUT2D eigenvalue weighted by Crippen LogP contribution is 2.25. The molecule has 3 rings (SSSR count). The van der Waals surface area contributed by atoms with Gasteiger partial charge in [-0.15, -0.1) is 0 Å². The second-order valence-electron chi connectivity index (χ2n) is 6.07. The third-order valence-corrected chi connectivity index (χ3v) is 4.43. The predicted octanol–water partition coefficient (Wildman–Crippen LogP) is 5.34. The van der Waals surface area contributed by atoms with E-state index in [9.17, 15) is 9.59 Å². The van der Waals surface area contributed by atoms with Crippen molar-refractivity contribution in [1.29, 1.82) is 0 Å². The summed E-state index contributed by atoms with van der Waals surface area (Å²) < 4.78 is 6.75. The van der Waals surface area contributed by atoms with Gasteiger partial charge in [0, 0.05) is 17.3 Å². The summed E-state index contributed by atoms with van der Waals surface area (Å²) in [6.07, 6.45) is -0.119. The molecule has 0 aliphatic carbocycles. The highest BCUT2D eigenvalue weighted by atomic mass is 35.5. The third-order valence-electron chi connectivity index (χ3n) is 4.08. The maximum atomic E-state index is 12.2. The second-order valence-corrected chi connectivity index (χ2v) is 6.41. The first-order chi connectivity index (χ1) is 13.5. The molecule has 0 aliphatic heterocycles. The number of ether oxygens (including phenoxy) is 1. The van der Waals surface area contributed by atoms with Crippen LogP contribution >= 0.6 is 11.8 Å². The van der Waals surface area contributed by atoms with E-state index in [-0.39, 0.29) is 6.10 Å². The lowest BCUT2D eigenvalue weighted by molar-refractivity contribution is 0.0966. The van der Waals surface area contributed by atoms with Crippen molar-refractivity contribution in [2.75, 3.05) is 4.42 Å². The van der Waals surface area contributed by atoms with Crippen LogP contribution in [-0.2, 0) is 0 Å². The molecule has 1 N–H and O–H groups in total. The number of amides is 3. The highest BCUT2D eigenvalue weighted by Gasteiger charge is 2.17. The Morgan fingerprint density at radius 1 is 0.893 bits per heavy atom. The Morgan fingerprint density at radius 2 is 1.46 bits per heavy atom. The van der Waals surface area contributed by atoms with Gasteiger partial charge in [0.25, 0.3) is 5.91 Å². The van der Waals surface area contributed by atoms with Gasteiger partial charge < -0.3 is 4.74 Å². The summed E-state index contributed by atoms with van der Waals surface area (Å²) >= 11 is 6.07. The number of urea groups is 1. The molecule has 0 heterocycles. The van der Waals surface area contributed by atoms with E-state index in [4.69, 9.17) is 16.5 Å². The second kappa shape index (κ2) is 9.06. The zero-order valence-electron chi connectivity index (χ0n) is 15.2. The Hall–Kier alpha value is -3.31. The maximum absolute atomic E-state index is 12.2. The van der Waals surface area contributed by atoms with Gasteiger partial charge in [0.15, 0.2) is 0 Å². The zero-order chi connectivity index (χ0) is 19.9. The standard InChI is InChI=1S/C22H19ClN2O3/c1-16(17-8-4-2-5-9-17)28-20-14-12-19(13-15-20)25(23)22(27)24-21(26)18-10-6-3-7-11-18/h2-16H,1H3,(H,24,26,27). The van der Waals surface area contributed by atoms with Gasteiger partial charge in [-0.3, -0.25) is 10.1 Å². The van der Waals surface area contributed by atoms with E-state index in [1.807, 2.05) is 37.3 Å². The minimum absolute atomic E-state index is 0.119. The number of imide groups is 1. The van der Waals surface area contributed by atoms with Crippen LogP contribution in [-0.4, -0.2) is 11.9 Å². The number of benzene rings is 3. The van der Waals surface area contributed by atoms with Crippen LogP contribution in [0.3, 0.4) is 0 Å². The monoisotopic (exact) mass is 394 g/mol. The molecule has 0 bridgehead atoms. The zero-order valence-corrected chi connectivity index (χ0v) is 16.0. The molecule has 142 valence electrons. The van der Waals surface area contributed by atoms with Crippen molar-refractivity contribution in [3.8, 4) is 5.75 Å². The Morgan fingerprint density at radius 3 is 2.07 bits per heavy atom. The lowest BCUT2D eigenvalue weighted by Crippen LogP contribution is -2.38. The number of nitrogens with zero attached hydrogens (tertiary/aromatic N) is 1. The topological polar surface area (TPSA) is 58.6 Å². The van der Waals surface area contributed by atoms with E-state index < -0.39 is 11.9 Å². The van der Waals surface area contributed by atoms with Crippen molar-refractivity contribution in [2.45, 2.75) is 13.0 Å². The van der Waals surface area contributed by atoms with Gasteiger partial charge in [0.05, 0.1) is 5.69 Å². The van der Waals surface area contributed by atoms with Crippen molar-refractivity contribution in [3.05, 3.63) is 96.1 Å². The van der Waals surface area contributed by atoms with Crippen LogP contribution in [0.2, 0.25) is 0 Å². The van der Waals surface area contributed by atoms with Crippen molar-refractivity contribution in [1.82, 2.24) is 5.32 Å². The number of hydrogen-bond donors (Lipinski definition) is 1. The fraction of sp³-hybridized carbons (Fsp3) is 0.0909. The number of halogens is 1. The molecule has 6 heteroatoms. The Kier molecular flexibility index (Phi) is 6.29. The summed E-state index contributed by atoms with van der Waals surface area (Å²) in [6, 6.07) is 24.3. The largest absolute Gasteiger partial charge is 0.486 e. The Labute approximate surface area is 168 Å². The summed E-state index contributed by atoms with van der Waals surface area (Å²) in [6.45, 7) is 1.96. The molecule has 1 atom stereocenters. The number of hydrogen-bond acceptors (Lipinski definition) is 3. The van der Waals surface area contributed by atoms with Gasteiger partial charge in [0.2, 0.25) is 0 Å². The van der Waals surface area contributed by atoms with Crippen LogP contribution in [0.5, 0.6) is 5.75 Å². The Balaban J connectivity index is 1.60. The van der Waals surface area contributed by atoms with E-state index in [1.165, 1.54) is 0 Å². The van der Waals surface area contributed by atoms with E-state index in [1.54, 1.807) is 54.6 Å². The molecule has 3 aromatic carbocycles. The summed E-state index contributed by atoms with van der Waals surface area (Å²) in [7, 11) is 0. The fourth-order valence-electron chi connectivity index (χ4n) is 2.58. The molecule has 0 saturated heterocycles. The van der Waals surface area contributed by atoms with E-state index in [0.717, 1.165) is 9.98 Å². The van der Waals surface area contributed by atoms with Crippen LogP contribution in [0.4, 0.5) is 10.5 Å². The van der Waals surface area contributed by atoms with Gasteiger partial charge in [-0.25, -0.2) is 9.21 Å². The minimum atomic E-state index is -0.734. The van der Waals surface area contributed by atoms with Crippen LogP contribution in [0.25, 0.3) is 0 Å². The van der Waals surface area contributed by atoms with Crippen LogP contribution in [0, 0.1) is 0 Å². The molecule has 0 fully saturated rings. The average molecular weight is 395 g/mol. The van der Waals surface area contributed by atoms with Crippen LogP contribution < -0.4 is 14.5 Å². The van der Waals surface area contributed by atoms with Gasteiger partial charge >= 0.3 is 6.03 Å². The SMILES string of the molecule is CC(Oc1ccc(N(Cl)C(=O)NC(=O)c2ccccc2)cc1)c1ccccc1. The molecule has 3 aromatic rings. The van der Waals surface area contributed by atoms with Crippen molar-refractivity contribution < 1.29 is 14.3 Å². The molecular formula is C22H19ClN2O3. The van der Waals surface area contributed by atoms with Crippen molar-refractivity contribution >= 4 is 29.4 Å². The lowest BCUT2D eigenvalue weighted by atomic mass is 10.1. The molecule has 0 aromatic heterocycles.